The van der Waals surface area contributed by atoms with Gasteiger partial charge in [-0.15, -0.1) is 10.2 Å². The monoisotopic (exact) mass is 357 g/mol. The van der Waals surface area contributed by atoms with Crippen molar-refractivity contribution >= 4 is 11.6 Å². The highest BCUT2D eigenvalue weighted by Gasteiger charge is 2.08. The van der Waals surface area contributed by atoms with Crippen molar-refractivity contribution in [3.05, 3.63) is 78.1 Å². The minimum absolute atomic E-state index is 0.607. The van der Waals surface area contributed by atoms with Gasteiger partial charge < -0.3 is 15.0 Å². The summed E-state index contributed by atoms with van der Waals surface area (Å²) in [7, 11) is 0. The van der Waals surface area contributed by atoms with E-state index in [9.17, 15) is 0 Å². The quantitative estimate of drug-likeness (QED) is 0.524. The number of benzene rings is 2. The normalized spacial score (nSPS) is 10.6. The molecule has 0 spiro atoms. The molecule has 2 aromatic heterocycles. The number of nitrogens with zero attached hydrogens (tertiary/aromatic N) is 3. The van der Waals surface area contributed by atoms with Crippen LogP contribution in [0.15, 0.2) is 67.0 Å². The summed E-state index contributed by atoms with van der Waals surface area (Å²) in [6, 6.07) is 17.4. The summed E-state index contributed by atoms with van der Waals surface area (Å²) < 4.78 is 5.78. The van der Waals surface area contributed by atoms with Gasteiger partial charge in [0, 0.05) is 23.6 Å². The van der Waals surface area contributed by atoms with Crippen molar-refractivity contribution in [2.24, 2.45) is 0 Å². The molecule has 0 amide bonds. The average Bonchev–Trinajstić information content (AvgIpc) is 3.15. The summed E-state index contributed by atoms with van der Waals surface area (Å²) in [6.45, 7) is 4.17. The number of ether oxygens (including phenoxy) is 1. The van der Waals surface area contributed by atoms with Gasteiger partial charge >= 0.3 is 0 Å². The van der Waals surface area contributed by atoms with E-state index in [0.29, 0.717) is 11.8 Å². The molecule has 0 atom stereocenters. The molecule has 6 heteroatoms. The highest BCUT2D eigenvalue weighted by molar-refractivity contribution is 5.63. The Bertz CT molecular complexity index is 1040. The van der Waals surface area contributed by atoms with E-state index in [0.717, 1.165) is 22.7 Å². The van der Waals surface area contributed by atoms with Gasteiger partial charge in [0.05, 0.1) is 0 Å². The lowest BCUT2D eigenvalue weighted by molar-refractivity contribution is 0.482. The molecule has 4 rings (SSSR count). The minimum Gasteiger partial charge on any atom is -0.457 e. The summed E-state index contributed by atoms with van der Waals surface area (Å²) >= 11 is 0. The molecular weight excluding hydrogens is 338 g/mol. The fourth-order valence-electron chi connectivity index (χ4n) is 2.69. The number of aromatic nitrogens is 4. The van der Waals surface area contributed by atoms with E-state index in [2.05, 4.69) is 45.4 Å². The van der Waals surface area contributed by atoms with Crippen LogP contribution in [0.4, 0.5) is 11.6 Å². The van der Waals surface area contributed by atoms with Crippen LogP contribution < -0.4 is 10.1 Å². The first-order valence-corrected chi connectivity index (χ1v) is 8.63. The van der Waals surface area contributed by atoms with E-state index in [-0.39, 0.29) is 0 Å². The van der Waals surface area contributed by atoms with Crippen molar-refractivity contribution < 1.29 is 4.74 Å². The predicted octanol–water partition coefficient (Wildman–Crippen LogP) is 5.02. The molecule has 0 aliphatic carbocycles. The summed E-state index contributed by atoms with van der Waals surface area (Å²) in [5, 5.41) is 11.7. The molecule has 27 heavy (non-hydrogen) atoms. The zero-order valence-corrected chi connectivity index (χ0v) is 15.1. The standard InChI is InChI=1S/C21H19N5O/c1-14-4-3-5-19(15(14)2)23-21-24-20(25-26-21)16-6-8-17(9-7-16)27-18-10-12-22-13-11-18/h3-13H,1-2H3,(H2,23,24,25,26). The Kier molecular flexibility index (Phi) is 4.53. The zero-order valence-electron chi connectivity index (χ0n) is 15.1. The number of hydrogen-bond acceptors (Lipinski definition) is 5. The van der Waals surface area contributed by atoms with E-state index in [4.69, 9.17) is 4.74 Å². The van der Waals surface area contributed by atoms with Gasteiger partial charge in [-0.1, -0.05) is 12.1 Å². The number of aryl methyl sites for hydroxylation is 1. The topological polar surface area (TPSA) is 75.7 Å². The number of H-pyrrole nitrogens is 1. The highest BCUT2D eigenvalue weighted by atomic mass is 16.5. The number of hydrogen-bond donors (Lipinski definition) is 2. The number of aromatic amines is 1. The Labute approximate surface area is 157 Å². The van der Waals surface area contributed by atoms with Gasteiger partial charge in [-0.2, -0.15) is 0 Å². The summed E-state index contributed by atoms with van der Waals surface area (Å²) in [5.74, 6) is 2.80. The maximum Gasteiger partial charge on any atom is 0.226 e. The maximum absolute atomic E-state index is 5.78. The van der Waals surface area contributed by atoms with Crippen LogP contribution >= 0.6 is 0 Å². The molecule has 0 aliphatic heterocycles. The van der Waals surface area contributed by atoms with Crippen molar-refractivity contribution in [2.45, 2.75) is 13.8 Å². The first-order chi connectivity index (χ1) is 13.2. The van der Waals surface area contributed by atoms with Crippen LogP contribution in [0.5, 0.6) is 11.5 Å². The van der Waals surface area contributed by atoms with Gasteiger partial charge in [0.1, 0.15) is 11.5 Å². The second-order valence-corrected chi connectivity index (χ2v) is 6.20. The van der Waals surface area contributed by atoms with Gasteiger partial charge in [-0.05, 0) is 67.4 Å². The molecule has 2 N–H and O–H groups in total. The van der Waals surface area contributed by atoms with E-state index < -0.39 is 0 Å². The third-order valence-corrected chi connectivity index (χ3v) is 4.36. The zero-order chi connectivity index (χ0) is 18.6. The lowest BCUT2D eigenvalue weighted by Gasteiger charge is -2.08. The van der Waals surface area contributed by atoms with Crippen LogP contribution in [0.2, 0.25) is 0 Å². The van der Waals surface area contributed by atoms with Crippen molar-refractivity contribution in [2.75, 3.05) is 5.32 Å². The third-order valence-electron chi connectivity index (χ3n) is 4.36. The fraction of sp³-hybridized carbons (Fsp3) is 0.0952. The smallest absolute Gasteiger partial charge is 0.226 e. The van der Waals surface area contributed by atoms with Crippen LogP contribution in [0.3, 0.4) is 0 Å². The minimum atomic E-state index is 0.607. The fourth-order valence-corrected chi connectivity index (χ4v) is 2.69. The molecule has 6 nitrogen and oxygen atoms in total. The van der Waals surface area contributed by atoms with E-state index in [1.54, 1.807) is 12.4 Å². The third kappa shape index (κ3) is 3.79. The Morgan fingerprint density at radius 2 is 1.59 bits per heavy atom. The molecule has 4 aromatic rings. The van der Waals surface area contributed by atoms with E-state index in [1.807, 2.05) is 48.5 Å². The first-order valence-electron chi connectivity index (χ1n) is 8.63. The second kappa shape index (κ2) is 7.29. The van der Waals surface area contributed by atoms with Crippen molar-refractivity contribution in [1.82, 2.24) is 20.2 Å². The van der Waals surface area contributed by atoms with Crippen molar-refractivity contribution in [1.29, 1.82) is 0 Å². The lowest BCUT2D eigenvalue weighted by Crippen LogP contribution is -1.96. The highest BCUT2D eigenvalue weighted by Crippen LogP contribution is 2.25. The van der Waals surface area contributed by atoms with Gasteiger partial charge in [0.15, 0.2) is 5.82 Å². The molecule has 134 valence electrons. The Morgan fingerprint density at radius 1 is 0.852 bits per heavy atom. The Hall–Kier alpha value is -3.67. The predicted molar refractivity (Wildman–Crippen MR) is 105 cm³/mol. The number of nitrogens with one attached hydrogen (secondary N) is 2. The average molecular weight is 357 g/mol. The lowest BCUT2D eigenvalue weighted by atomic mass is 10.1. The van der Waals surface area contributed by atoms with Crippen molar-refractivity contribution in [3.8, 4) is 22.9 Å². The van der Waals surface area contributed by atoms with Gasteiger partial charge in [0.2, 0.25) is 5.95 Å². The molecule has 0 unspecified atom stereocenters. The number of pyridine rings is 1. The van der Waals surface area contributed by atoms with Crippen LogP contribution in [0, 0.1) is 13.8 Å². The van der Waals surface area contributed by atoms with Crippen LogP contribution in [0.25, 0.3) is 11.4 Å². The number of anilines is 2. The van der Waals surface area contributed by atoms with Crippen LogP contribution in [0.1, 0.15) is 11.1 Å². The molecule has 2 aromatic carbocycles. The molecule has 0 radical (unpaired) electrons. The molecule has 0 bridgehead atoms. The SMILES string of the molecule is Cc1cccc(Nc2nnc(-c3ccc(Oc4ccncc4)cc3)[nH]2)c1C. The molecular formula is C21H19N5O. The Balaban J connectivity index is 1.49. The number of rotatable bonds is 5. The van der Waals surface area contributed by atoms with Crippen LogP contribution in [-0.4, -0.2) is 20.2 Å². The molecule has 0 fully saturated rings. The van der Waals surface area contributed by atoms with Crippen molar-refractivity contribution in [3.63, 3.8) is 0 Å². The first kappa shape index (κ1) is 16.8. The van der Waals surface area contributed by atoms with E-state index >= 15 is 0 Å². The largest absolute Gasteiger partial charge is 0.457 e. The summed E-state index contributed by atoms with van der Waals surface area (Å²) in [6.07, 6.45) is 3.39. The summed E-state index contributed by atoms with van der Waals surface area (Å²) in [5.41, 5.74) is 4.36. The molecule has 0 saturated heterocycles. The molecule has 2 heterocycles. The van der Waals surface area contributed by atoms with Crippen LogP contribution in [-0.2, 0) is 0 Å². The molecule has 0 aliphatic rings. The van der Waals surface area contributed by atoms with Gasteiger partial charge in [-0.3, -0.25) is 4.98 Å². The molecule has 0 saturated carbocycles. The van der Waals surface area contributed by atoms with E-state index in [1.165, 1.54) is 11.1 Å². The maximum atomic E-state index is 5.78. The Morgan fingerprint density at radius 3 is 2.37 bits per heavy atom. The van der Waals surface area contributed by atoms with Gasteiger partial charge in [-0.25, -0.2) is 0 Å². The second-order valence-electron chi connectivity index (χ2n) is 6.20. The van der Waals surface area contributed by atoms with Gasteiger partial charge in [0.25, 0.3) is 0 Å². The summed E-state index contributed by atoms with van der Waals surface area (Å²) in [4.78, 5) is 7.19.